The minimum atomic E-state index is -0.510. The van der Waals surface area contributed by atoms with E-state index in [1.54, 1.807) is 6.92 Å². The molecule has 0 bridgehead atoms. The largest absolute Gasteiger partial charge is 0.306 e. The molecule has 0 saturated heterocycles. The van der Waals surface area contributed by atoms with E-state index >= 15 is 0 Å². The molecule has 0 aliphatic rings. The summed E-state index contributed by atoms with van der Waals surface area (Å²) in [5, 5.41) is 3.14. The topological polar surface area (TPSA) is 12.0 Å². The first-order valence-electron chi connectivity index (χ1n) is 6.31. The van der Waals surface area contributed by atoms with Gasteiger partial charge in [0.25, 0.3) is 0 Å². The van der Waals surface area contributed by atoms with Crippen molar-refractivity contribution in [1.29, 1.82) is 0 Å². The molecule has 0 aliphatic carbocycles. The highest BCUT2D eigenvalue weighted by molar-refractivity contribution is 5.24. The smallest absolute Gasteiger partial charge is 0.130 e. The summed E-state index contributed by atoms with van der Waals surface area (Å²) in [5.74, 6) is -1.02. The molecule has 0 amide bonds. The molecule has 100 valence electrons. The van der Waals surface area contributed by atoms with Gasteiger partial charge >= 0.3 is 0 Å². The van der Waals surface area contributed by atoms with Crippen LogP contribution in [-0.4, -0.2) is 0 Å². The highest BCUT2D eigenvalue weighted by atomic mass is 19.1. The fraction of sp³-hybridized carbons (Fsp3) is 0.250. The zero-order valence-corrected chi connectivity index (χ0v) is 11.1. The molecule has 1 N–H and O–H groups in total. The maximum Gasteiger partial charge on any atom is 0.130 e. The second kappa shape index (κ2) is 5.93. The molecule has 0 aromatic heterocycles. The monoisotopic (exact) mass is 261 g/mol. The van der Waals surface area contributed by atoms with Gasteiger partial charge in [-0.2, -0.15) is 0 Å². The number of rotatable bonds is 4. The molecule has 0 aliphatic heterocycles. The third kappa shape index (κ3) is 3.38. The summed E-state index contributed by atoms with van der Waals surface area (Å²) in [6.45, 7) is 4.36. The standard InChI is InChI=1S/C16H17F2N/c1-11-6-8-13(9-7-11)10-19-12(2)16-14(17)4-3-5-15(16)18/h3-9,12,19H,10H2,1-2H3. The quantitative estimate of drug-likeness (QED) is 0.872. The van der Waals surface area contributed by atoms with Gasteiger partial charge in [-0.15, -0.1) is 0 Å². The van der Waals surface area contributed by atoms with E-state index in [1.807, 2.05) is 31.2 Å². The van der Waals surface area contributed by atoms with Crippen molar-refractivity contribution < 1.29 is 8.78 Å². The molecule has 1 unspecified atom stereocenters. The molecule has 3 heteroatoms. The van der Waals surface area contributed by atoms with Crippen molar-refractivity contribution in [3.63, 3.8) is 0 Å². The minimum Gasteiger partial charge on any atom is -0.306 e. The first kappa shape index (κ1) is 13.7. The molecule has 2 aromatic carbocycles. The number of nitrogens with one attached hydrogen (secondary N) is 1. The Morgan fingerprint density at radius 3 is 2.16 bits per heavy atom. The van der Waals surface area contributed by atoms with Gasteiger partial charge in [0.15, 0.2) is 0 Å². The molecular formula is C16H17F2N. The zero-order valence-electron chi connectivity index (χ0n) is 11.1. The van der Waals surface area contributed by atoms with Crippen LogP contribution in [0.5, 0.6) is 0 Å². The number of hydrogen-bond donors (Lipinski definition) is 1. The Balaban J connectivity index is 2.05. The lowest BCUT2D eigenvalue weighted by molar-refractivity contribution is 0.487. The third-order valence-electron chi connectivity index (χ3n) is 3.17. The summed E-state index contributed by atoms with van der Waals surface area (Å²) < 4.78 is 27.2. The van der Waals surface area contributed by atoms with Gasteiger partial charge in [-0.05, 0) is 31.5 Å². The summed E-state index contributed by atoms with van der Waals surface area (Å²) in [5.41, 5.74) is 2.38. The van der Waals surface area contributed by atoms with Gasteiger partial charge in [-0.3, -0.25) is 0 Å². The summed E-state index contributed by atoms with van der Waals surface area (Å²) in [4.78, 5) is 0. The summed E-state index contributed by atoms with van der Waals surface area (Å²) in [6, 6.07) is 11.6. The van der Waals surface area contributed by atoms with Crippen molar-refractivity contribution in [2.24, 2.45) is 0 Å². The SMILES string of the molecule is Cc1ccc(CNC(C)c2c(F)cccc2F)cc1. The van der Waals surface area contributed by atoms with Gasteiger partial charge in [-0.25, -0.2) is 8.78 Å². The van der Waals surface area contributed by atoms with Crippen LogP contribution in [0, 0.1) is 18.6 Å². The van der Waals surface area contributed by atoms with Gasteiger partial charge < -0.3 is 5.32 Å². The molecular weight excluding hydrogens is 244 g/mol. The Labute approximate surface area is 112 Å². The zero-order chi connectivity index (χ0) is 13.8. The van der Waals surface area contributed by atoms with E-state index in [9.17, 15) is 8.78 Å². The molecule has 2 rings (SSSR count). The van der Waals surface area contributed by atoms with Crippen molar-refractivity contribution in [3.05, 3.63) is 70.8 Å². The summed E-state index contributed by atoms with van der Waals surface area (Å²) in [7, 11) is 0. The number of hydrogen-bond acceptors (Lipinski definition) is 1. The lowest BCUT2D eigenvalue weighted by atomic mass is 10.1. The Hall–Kier alpha value is -1.74. The van der Waals surface area contributed by atoms with Crippen LogP contribution in [0.25, 0.3) is 0 Å². The second-order valence-electron chi connectivity index (χ2n) is 4.72. The van der Waals surface area contributed by atoms with E-state index in [1.165, 1.54) is 23.8 Å². The first-order valence-corrected chi connectivity index (χ1v) is 6.31. The van der Waals surface area contributed by atoms with Crippen LogP contribution in [-0.2, 0) is 6.54 Å². The Kier molecular flexibility index (Phi) is 4.27. The van der Waals surface area contributed by atoms with Crippen LogP contribution in [0.4, 0.5) is 8.78 Å². The van der Waals surface area contributed by atoms with Crippen molar-refractivity contribution in [3.8, 4) is 0 Å². The van der Waals surface area contributed by atoms with Crippen molar-refractivity contribution >= 4 is 0 Å². The van der Waals surface area contributed by atoms with Crippen LogP contribution in [0.1, 0.15) is 29.7 Å². The van der Waals surface area contributed by atoms with Crippen molar-refractivity contribution in [1.82, 2.24) is 5.32 Å². The summed E-state index contributed by atoms with van der Waals surface area (Å²) in [6.07, 6.45) is 0. The van der Waals surface area contributed by atoms with Crippen LogP contribution in [0.2, 0.25) is 0 Å². The predicted octanol–water partition coefficient (Wildman–Crippen LogP) is 4.12. The Morgan fingerprint density at radius 2 is 1.58 bits per heavy atom. The van der Waals surface area contributed by atoms with E-state index < -0.39 is 11.6 Å². The number of benzene rings is 2. The predicted molar refractivity (Wildman–Crippen MR) is 72.8 cm³/mol. The highest BCUT2D eigenvalue weighted by Gasteiger charge is 2.15. The average Bonchev–Trinajstić information content (AvgIpc) is 2.38. The molecule has 0 spiro atoms. The maximum absolute atomic E-state index is 13.6. The van der Waals surface area contributed by atoms with Gasteiger partial charge in [0, 0.05) is 18.2 Å². The van der Waals surface area contributed by atoms with Crippen molar-refractivity contribution in [2.75, 3.05) is 0 Å². The fourth-order valence-corrected chi connectivity index (χ4v) is 2.00. The molecule has 0 radical (unpaired) electrons. The number of aryl methyl sites for hydroxylation is 1. The first-order chi connectivity index (χ1) is 9.08. The minimum absolute atomic E-state index is 0.0922. The van der Waals surface area contributed by atoms with E-state index in [0.717, 1.165) is 5.56 Å². The van der Waals surface area contributed by atoms with E-state index in [-0.39, 0.29) is 11.6 Å². The highest BCUT2D eigenvalue weighted by Crippen LogP contribution is 2.20. The summed E-state index contributed by atoms with van der Waals surface area (Å²) >= 11 is 0. The molecule has 0 fully saturated rings. The van der Waals surface area contributed by atoms with Crippen LogP contribution >= 0.6 is 0 Å². The van der Waals surface area contributed by atoms with Crippen LogP contribution < -0.4 is 5.32 Å². The molecule has 0 heterocycles. The van der Waals surface area contributed by atoms with Crippen LogP contribution in [0.3, 0.4) is 0 Å². The van der Waals surface area contributed by atoms with Crippen LogP contribution in [0.15, 0.2) is 42.5 Å². The van der Waals surface area contributed by atoms with Gasteiger partial charge in [-0.1, -0.05) is 35.9 Å². The number of halogens is 2. The Morgan fingerprint density at radius 1 is 1.00 bits per heavy atom. The fourth-order valence-electron chi connectivity index (χ4n) is 2.00. The maximum atomic E-state index is 13.6. The normalized spacial score (nSPS) is 12.4. The lowest BCUT2D eigenvalue weighted by Gasteiger charge is -2.16. The van der Waals surface area contributed by atoms with Gasteiger partial charge in [0.05, 0.1) is 0 Å². The van der Waals surface area contributed by atoms with Gasteiger partial charge in [0.1, 0.15) is 11.6 Å². The van der Waals surface area contributed by atoms with E-state index in [4.69, 9.17) is 0 Å². The lowest BCUT2D eigenvalue weighted by Crippen LogP contribution is -2.20. The molecule has 2 aromatic rings. The van der Waals surface area contributed by atoms with Gasteiger partial charge in [0.2, 0.25) is 0 Å². The van der Waals surface area contributed by atoms with E-state index in [2.05, 4.69) is 5.32 Å². The average molecular weight is 261 g/mol. The molecule has 1 atom stereocenters. The molecule has 0 saturated carbocycles. The van der Waals surface area contributed by atoms with E-state index in [0.29, 0.717) is 6.54 Å². The molecule has 19 heavy (non-hydrogen) atoms. The molecule has 1 nitrogen and oxygen atoms in total. The second-order valence-corrected chi connectivity index (χ2v) is 4.72. The third-order valence-corrected chi connectivity index (χ3v) is 3.17. The van der Waals surface area contributed by atoms with Crippen molar-refractivity contribution in [2.45, 2.75) is 26.4 Å². The Bertz CT molecular complexity index is 529.